The number of fused-ring (bicyclic) bond motifs is 1. The van der Waals surface area contributed by atoms with Crippen molar-refractivity contribution in [2.45, 2.75) is 32.8 Å². The van der Waals surface area contributed by atoms with Gasteiger partial charge in [0, 0.05) is 5.69 Å². The molecule has 2 aromatic rings. The summed E-state index contributed by atoms with van der Waals surface area (Å²) >= 11 is 0. The molecule has 6 nitrogen and oxygen atoms in total. The molecule has 3 rings (SSSR count). The van der Waals surface area contributed by atoms with Crippen molar-refractivity contribution in [3.8, 4) is 5.75 Å². The van der Waals surface area contributed by atoms with Gasteiger partial charge >= 0.3 is 0 Å². The lowest BCUT2D eigenvalue weighted by Gasteiger charge is -2.34. The molecule has 2 aromatic carbocycles. The molecule has 144 valence electrons. The van der Waals surface area contributed by atoms with E-state index in [-0.39, 0.29) is 12.5 Å². The molecule has 1 amide bonds. The third-order valence-electron chi connectivity index (χ3n) is 4.67. The number of benzene rings is 2. The van der Waals surface area contributed by atoms with Crippen LogP contribution in [0.25, 0.3) is 0 Å². The second-order valence-electron chi connectivity index (χ2n) is 6.52. The molecule has 27 heavy (non-hydrogen) atoms. The van der Waals surface area contributed by atoms with Gasteiger partial charge in [-0.05, 0) is 36.1 Å². The number of ether oxygens (including phenoxy) is 1. The van der Waals surface area contributed by atoms with Crippen LogP contribution in [0.3, 0.4) is 0 Å². The van der Waals surface area contributed by atoms with E-state index in [0.717, 1.165) is 35.9 Å². The summed E-state index contributed by atoms with van der Waals surface area (Å²) in [6, 6.07) is 12.8. The van der Waals surface area contributed by atoms with Crippen LogP contribution < -0.4 is 14.4 Å². The Morgan fingerprint density at radius 1 is 1.11 bits per heavy atom. The summed E-state index contributed by atoms with van der Waals surface area (Å²) in [6.45, 7) is 4.00. The summed E-state index contributed by atoms with van der Waals surface area (Å²) in [4.78, 5) is 12.9. The Bertz CT molecular complexity index is 934. The number of carbonyl (C=O) groups excluding carboxylic acids is 1. The predicted molar refractivity (Wildman–Crippen MR) is 107 cm³/mol. The van der Waals surface area contributed by atoms with Gasteiger partial charge in [-0.2, -0.15) is 0 Å². The zero-order valence-electron chi connectivity index (χ0n) is 15.7. The molecule has 0 aliphatic carbocycles. The first-order valence-electron chi connectivity index (χ1n) is 9.00. The van der Waals surface area contributed by atoms with Crippen molar-refractivity contribution >= 4 is 27.3 Å². The zero-order valence-corrected chi connectivity index (χ0v) is 16.5. The van der Waals surface area contributed by atoms with Gasteiger partial charge < -0.3 is 10.1 Å². The van der Waals surface area contributed by atoms with Crippen LogP contribution in [0.2, 0.25) is 0 Å². The van der Waals surface area contributed by atoms with E-state index in [0.29, 0.717) is 11.4 Å². The number of aryl methyl sites for hydroxylation is 2. The Morgan fingerprint density at radius 2 is 1.74 bits per heavy atom. The maximum atomic E-state index is 12.9. The van der Waals surface area contributed by atoms with Gasteiger partial charge in [-0.3, -0.25) is 9.10 Å². The molecule has 1 atom stereocenters. The molecule has 0 unspecified atom stereocenters. The summed E-state index contributed by atoms with van der Waals surface area (Å²) in [6.07, 6.45) is 1.77. The fourth-order valence-electron chi connectivity index (χ4n) is 3.26. The first-order valence-corrected chi connectivity index (χ1v) is 10.8. The minimum atomic E-state index is -3.53. The Labute approximate surface area is 160 Å². The summed E-state index contributed by atoms with van der Waals surface area (Å²) in [5.41, 5.74) is 3.32. The highest BCUT2D eigenvalue weighted by atomic mass is 32.2. The number of nitrogens with one attached hydrogen (secondary N) is 1. The molecule has 0 radical (unpaired) electrons. The Kier molecular flexibility index (Phi) is 5.41. The number of rotatable bonds is 5. The Morgan fingerprint density at radius 3 is 2.33 bits per heavy atom. The Hall–Kier alpha value is -2.54. The van der Waals surface area contributed by atoms with Gasteiger partial charge in [0.2, 0.25) is 10.0 Å². The van der Waals surface area contributed by atoms with Gasteiger partial charge in [-0.15, -0.1) is 0 Å². The number of amides is 1. The van der Waals surface area contributed by atoms with Crippen LogP contribution in [0.5, 0.6) is 5.75 Å². The normalized spacial score (nSPS) is 16.4. The zero-order chi connectivity index (χ0) is 19.6. The van der Waals surface area contributed by atoms with E-state index in [9.17, 15) is 13.2 Å². The monoisotopic (exact) mass is 388 g/mol. The molecule has 0 saturated heterocycles. The average Bonchev–Trinajstić information content (AvgIpc) is 2.66. The average molecular weight is 388 g/mol. The van der Waals surface area contributed by atoms with E-state index in [1.54, 1.807) is 24.3 Å². The van der Waals surface area contributed by atoms with E-state index >= 15 is 0 Å². The third kappa shape index (κ3) is 3.93. The second kappa shape index (κ2) is 7.60. The highest BCUT2D eigenvalue weighted by molar-refractivity contribution is 7.92. The molecule has 0 spiro atoms. The molecular formula is C20H24N2O4S. The van der Waals surface area contributed by atoms with Gasteiger partial charge in [0.25, 0.3) is 5.91 Å². The number of sulfonamides is 1. The number of hydrogen-bond donors (Lipinski definition) is 1. The van der Waals surface area contributed by atoms with Crippen molar-refractivity contribution in [1.29, 1.82) is 0 Å². The van der Waals surface area contributed by atoms with Crippen molar-refractivity contribution in [3.05, 3.63) is 53.6 Å². The first kappa shape index (κ1) is 19.2. The lowest BCUT2D eigenvalue weighted by molar-refractivity contribution is -0.122. The maximum Gasteiger partial charge on any atom is 0.267 e. The lowest BCUT2D eigenvalue weighted by Crippen LogP contribution is -2.48. The van der Waals surface area contributed by atoms with Crippen molar-refractivity contribution in [2.75, 3.05) is 22.4 Å². The standard InChI is InChI=1S/C20H24N2O4S/c1-4-14-9-8-10-15(5-2)19(14)21-20(23)18-13-22(27(3,24)25)16-11-6-7-12-17(16)26-18/h6-12,18H,4-5,13H2,1-3H3,(H,21,23)/t18-/m1/s1. The molecule has 7 heteroatoms. The van der Waals surface area contributed by atoms with Gasteiger partial charge in [0.1, 0.15) is 5.75 Å². The second-order valence-corrected chi connectivity index (χ2v) is 8.42. The molecule has 1 aliphatic rings. The van der Waals surface area contributed by atoms with Crippen molar-refractivity contribution in [2.24, 2.45) is 0 Å². The highest BCUT2D eigenvalue weighted by Crippen LogP contribution is 2.35. The molecule has 1 aliphatic heterocycles. The number of carbonyl (C=O) groups is 1. The van der Waals surface area contributed by atoms with E-state index in [2.05, 4.69) is 5.32 Å². The largest absolute Gasteiger partial charge is 0.476 e. The van der Waals surface area contributed by atoms with Crippen LogP contribution >= 0.6 is 0 Å². The predicted octanol–water partition coefficient (Wildman–Crippen LogP) is 2.98. The highest BCUT2D eigenvalue weighted by Gasteiger charge is 2.35. The van der Waals surface area contributed by atoms with Gasteiger partial charge in [0.15, 0.2) is 6.10 Å². The van der Waals surface area contributed by atoms with Crippen molar-refractivity contribution in [3.63, 3.8) is 0 Å². The SMILES string of the molecule is CCc1cccc(CC)c1NC(=O)[C@H]1CN(S(C)(=O)=O)c2ccccc2O1. The summed E-state index contributed by atoms with van der Waals surface area (Å²) in [7, 11) is -3.53. The molecule has 1 N–H and O–H groups in total. The third-order valence-corrected chi connectivity index (χ3v) is 5.82. The molecular weight excluding hydrogens is 364 g/mol. The maximum absolute atomic E-state index is 12.9. The number of nitrogens with zero attached hydrogens (tertiary/aromatic N) is 1. The van der Waals surface area contributed by atoms with Crippen molar-refractivity contribution < 1.29 is 17.9 Å². The number of para-hydroxylation sites is 3. The van der Waals surface area contributed by atoms with E-state index in [1.807, 2.05) is 32.0 Å². The molecule has 0 bridgehead atoms. The van der Waals surface area contributed by atoms with E-state index in [4.69, 9.17) is 4.74 Å². The summed E-state index contributed by atoms with van der Waals surface area (Å²) in [5, 5.41) is 2.97. The van der Waals surface area contributed by atoms with Crippen LogP contribution in [0.1, 0.15) is 25.0 Å². The van der Waals surface area contributed by atoms with Crippen LogP contribution in [-0.4, -0.2) is 33.2 Å². The van der Waals surface area contributed by atoms with Crippen LogP contribution in [0, 0.1) is 0 Å². The minimum absolute atomic E-state index is 0.0581. The van der Waals surface area contributed by atoms with E-state index < -0.39 is 16.1 Å². The molecule has 0 aromatic heterocycles. The fourth-order valence-corrected chi connectivity index (χ4v) is 4.17. The molecule has 1 heterocycles. The van der Waals surface area contributed by atoms with Crippen LogP contribution in [0.15, 0.2) is 42.5 Å². The van der Waals surface area contributed by atoms with Crippen LogP contribution in [0.4, 0.5) is 11.4 Å². The Balaban J connectivity index is 1.91. The van der Waals surface area contributed by atoms with Gasteiger partial charge in [-0.25, -0.2) is 8.42 Å². The smallest absolute Gasteiger partial charge is 0.267 e. The quantitative estimate of drug-likeness (QED) is 0.854. The number of hydrogen-bond acceptors (Lipinski definition) is 4. The van der Waals surface area contributed by atoms with Gasteiger partial charge in [-0.1, -0.05) is 44.2 Å². The fraction of sp³-hybridized carbons (Fsp3) is 0.350. The molecule has 0 fully saturated rings. The molecule has 0 saturated carbocycles. The summed E-state index contributed by atoms with van der Waals surface area (Å²) in [5.74, 6) is 0.0302. The topological polar surface area (TPSA) is 75.7 Å². The number of anilines is 2. The lowest BCUT2D eigenvalue weighted by atomic mass is 10.0. The minimum Gasteiger partial charge on any atom is -0.476 e. The van der Waals surface area contributed by atoms with Gasteiger partial charge in [0.05, 0.1) is 18.5 Å². The first-order chi connectivity index (χ1) is 12.8. The van der Waals surface area contributed by atoms with Crippen molar-refractivity contribution in [1.82, 2.24) is 0 Å². The van der Waals surface area contributed by atoms with E-state index in [1.165, 1.54) is 4.31 Å². The van der Waals surface area contributed by atoms with Crippen LogP contribution in [-0.2, 0) is 27.7 Å². The summed E-state index contributed by atoms with van der Waals surface area (Å²) < 4.78 is 31.5.